The standard InChI is InChI=1S/C63H68N10O8/c74-58-52(22-19-41-10-3-1-4-11-41)68-62(78)57-36-49(81-48-25-30-65-31-26-48)39-73(57)63(79)56(34-45-14-9-27-66-37-45)72-60(76)53(32-42-17-20-47(21-18-42)80-40-44-12-5-2-6-13-44)69-59(75)54(33-43-23-28-64-29-24-43)70-61(77)55(71-58)35-46-38-67-51-16-8-7-15-50(46)51/h1-18,20-21,25-27,30-31,37-38,43,49,52-57,64,67H,19,22-24,28-29,32-36,39-40H2,(H,68,78)(H,69,75)(H,70,77)(H,71,74)(H,72,76)/t49-,52-,53+,54?,55+,56+,57+/m1/s1. The molecule has 0 saturated carbocycles. The number of ether oxygens (including phenoxy) is 2. The molecule has 3 aromatic heterocycles. The molecule has 1 unspecified atom stereocenters. The lowest BCUT2D eigenvalue weighted by Gasteiger charge is -2.32. The molecule has 81 heavy (non-hydrogen) atoms. The molecule has 18 nitrogen and oxygen atoms in total. The Hall–Kier alpha value is -8.90. The van der Waals surface area contributed by atoms with Gasteiger partial charge in [-0.1, -0.05) is 97.1 Å². The molecule has 418 valence electrons. The quantitative estimate of drug-likeness (QED) is 0.0675. The molecule has 3 saturated heterocycles. The minimum absolute atomic E-state index is 0.0153. The predicted octanol–water partition coefficient (Wildman–Crippen LogP) is 5.07. The first kappa shape index (κ1) is 55.4. The fourth-order valence-corrected chi connectivity index (χ4v) is 11.0. The minimum Gasteiger partial charge on any atom is -0.489 e. The van der Waals surface area contributed by atoms with Gasteiger partial charge in [-0.25, -0.2) is 0 Å². The Labute approximate surface area is 470 Å². The number of hydrogen-bond acceptors (Lipinski definition) is 11. The second kappa shape index (κ2) is 26.8. The highest BCUT2D eigenvalue weighted by Gasteiger charge is 2.45. The highest BCUT2D eigenvalue weighted by molar-refractivity contribution is 5.99. The summed E-state index contributed by atoms with van der Waals surface area (Å²) in [6, 6.07) is 33.7. The number of fused-ring (bicyclic) bond motifs is 2. The zero-order valence-electron chi connectivity index (χ0n) is 45.0. The Balaban J connectivity index is 1.03. The van der Waals surface area contributed by atoms with Crippen molar-refractivity contribution in [1.82, 2.24) is 51.8 Å². The van der Waals surface area contributed by atoms with E-state index >= 15 is 28.8 Å². The number of nitrogens with zero attached hydrogens (tertiary/aromatic N) is 3. The number of aromatic nitrogens is 3. The summed E-state index contributed by atoms with van der Waals surface area (Å²) in [6.45, 7) is 1.73. The maximum Gasteiger partial charge on any atom is 0.246 e. The number of benzene rings is 4. The van der Waals surface area contributed by atoms with Gasteiger partial charge in [0.25, 0.3) is 0 Å². The molecule has 7 aromatic rings. The number of aromatic amines is 1. The molecule has 0 aliphatic carbocycles. The van der Waals surface area contributed by atoms with E-state index in [4.69, 9.17) is 9.47 Å². The molecule has 10 rings (SSSR count). The molecule has 3 aliphatic rings. The number of rotatable bonds is 16. The normalized spacial score (nSPS) is 22.5. The van der Waals surface area contributed by atoms with Crippen molar-refractivity contribution in [2.24, 2.45) is 5.92 Å². The third-order valence-electron chi connectivity index (χ3n) is 15.4. The summed E-state index contributed by atoms with van der Waals surface area (Å²) >= 11 is 0. The number of para-hydroxylation sites is 1. The maximum atomic E-state index is 15.5. The zero-order chi connectivity index (χ0) is 55.9. The van der Waals surface area contributed by atoms with Gasteiger partial charge in [0.05, 0.1) is 6.54 Å². The number of pyridine rings is 2. The van der Waals surface area contributed by atoms with Gasteiger partial charge in [0.15, 0.2) is 0 Å². The van der Waals surface area contributed by atoms with Crippen LogP contribution in [0.3, 0.4) is 0 Å². The van der Waals surface area contributed by atoms with E-state index in [9.17, 15) is 0 Å². The lowest BCUT2D eigenvalue weighted by molar-refractivity contribution is -0.143. The smallest absolute Gasteiger partial charge is 0.246 e. The Kier molecular flexibility index (Phi) is 18.4. The molecule has 4 aromatic carbocycles. The molecule has 7 atom stereocenters. The van der Waals surface area contributed by atoms with Crippen molar-refractivity contribution in [3.8, 4) is 11.5 Å². The number of piperidine rings is 1. The van der Waals surface area contributed by atoms with E-state index in [0.717, 1.165) is 53.5 Å². The second-order valence-electron chi connectivity index (χ2n) is 21.2. The van der Waals surface area contributed by atoms with Gasteiger partial charge >= 0.3 is 0 Å². The van der Waals surface area contributed by atoms with Gasteiger partial charge in [0, 0.05) is 67.6 Å². The molecule has 0 bridgehead atoms. The number of aryl methyl sites for hydroxylation is 1. The van der Waals surface area contributed by atoms with Crippen LogP contribution in [0.5, 0.6) is 11.5 Å². The number of H-pyrrole nitrogens is 1. The Morgan fingerprint density at radius 2 is 1.15 bits per heavy atom. The van der Waals surface area contributed by atoms with E-state index in [2.05, 4.69) is 46.9 Å². The van der Waals surface area contributed by atoms with Crippen LogP contribution in [-0.4, -0.2) is 117 Å². The number of nitrogens with one attached hydrogen (secondary N) is 7. The minimum atomic E-state index is -1.28. The van der Waals surface area contributed by atoms with Crippen LogP contribution in [0.2, 0.25) is 0 Å². The summed E-state index contributed by atoms with van der Waals surface area (Å²) in [5, 5.41) is 19.4. The average Bonchev–Trinajstić information content (AvgIpc) is 4.13. The van der Waals surface area contributed by atoms with Gasteiger partial charge in [-0.15, -0.1) is 0 Å². The molecular weight excluding hydrogens is 1020 g/mol. The van der Waals surface area contributed by atoms with Crippen molar-refractivity contribution in [3.05, 3.63) is 192 Å². The number of hydrogen-bond donors (Lipinski definition) is 7. The lowest BCUT2D eigenvalue weighted by Crippen LogP contribution is -2.62. The van der Waals surface area contributed by atoms with Crippen molar-refractivity contribution in [2.75, 3.05) is 19.6 Å². The number of carbonyl (C=O) groups is 6. The summed E-state index contributed by atoms with van der Waals surface area (Å²) in [5.74, 6) is -2.63. The van der Waals surface area contributed by atoms with Crippen molar-refractivity contribution in [2.45, 2.75) is 107 Å². The van der Waals surface area contributed by atoms with Crippen LogP contribution < -0.4 is 41.4 Å². The topological polar surface area (TPSA) is 238 Å². The third-order valence-corrected chi connectivity index (χ3v) is 15.4. The van der Waals surface area contributed by atoms with Gasteiger partial charge in [0.1, 0.15) is 60.5 Å². The molecule has 3 aliphatic heterocycles. The fourth-order valence-electron chi connectivity index (χ4n) is 11.0. The predicted molar refractivity (Wildman–Crippen MR) is 304 cm³/mol. The van der Waals surface area contributed by atoms with E-state index < -0.39 is 77.8 Å². The second-order valence-corrected chi connectivity index (χ2v) is 21.2. The van der Waals surface area contributed by atoms with Crippen LogP contribution >= 0.6 is 0 Å². The van der Waals surface area contributed by atoms with E-state index in [-0.39, 0.29) is 51.0 Å². The van der Waals surface area contributed by atoms with E-state index in [1.165, 1.54) is 4.90 Å². The first-order valence-corrected chi connectivity index (χ1v) is 27.9. The summed E-state index contributed by atoms with van der Waals surface area (Å²) in [6.07, 6.45) is 9.72. The summed E-state index contributed by atoms with van der Waals surface area (Å²) in [7, 11) is 0. The SMILES string of the molecule is O=C1N[C@@H](Cc2ccc(OCc3ccccc3)cc2)C(=O)N[C@@H](Cc2cccnc2)C(=O)N2C[C@H](Oc3ccncc3)C[C@H]2C(=O)N[C@H](CCc2ccccc2)C(=O)N[C@@H](Cc2c[nH]c3ccccc23)C(=O)NC1CC1CCNCC1. The number of carbonyl (C=O) groups excluding carboxylic acids is 6. The highest BCUT2D eigenvalue weighted by atomic mass is 16.5. The first-order chi connectivity index (χ1) is 39.6. The maximum absolute atomic E-state index is 15.5. The van der Waals surface area contributed by atoms with Gasteiger partial charge < -0.3 is 51.3 Å². The lowest BCUT2D eigenvalue weighted by atomic mass is 9.90. The van der Waals surface area contributed by atoms with E-state index in [1.54, 1.807) is 67.4 Å². The largest absolute Gasteiger partial charge is 0.489 e. The van der Waals surface area contributed by atoms with Crippen LogP contribution in [0.4, 0.5) is 0 Å². The summed E-state index contributed by atoms with van der Waals surface area (Å²) in [4.78, 5) is 105. The van der Waals surface area contributed by atoms with Crippen LogP contribution in [-0.2, 0) is 61.1 Å². The zero-order valence-corrected chi connectivity index (χ0v) is 45.0. The summed E-state index contributed by atoms with van der Waals surface area (Å²) < 4.78 is 12.5. The van der Waals surface area contributed by atoms with E-state index in [0.29, 0.717) is 35.7 Å². The van der Waals surface area contributed by atoms with Crippen LogP contribution in [0.25, 0.3) is 10.9 Å². The van der Waals surface area contributed by atoms with E-state index in [1.807, 2.05) is 97.1 Å². The molecular formula is C63H68N10O8. The Morgan fingerprint density at radius 1 is 0.531 bits per heavy atom. The highest BCUT2D eigenvalue weighted by Crippen LogP contribution is 2.27. The van der Waals surface area contributed by atoms with Gasteiger partial charge in [-0.3, -0.25) is 38.7 Å². The molecule has 0 radical (unpaired) electrons. The molecule has 6 amide bonds. The summed E-state index contributed by atoms with van der Waals surface area (Å²) in [5.41, 5.74) is 4.78. The molecule has 7 N–H and O–H groups in total. The average molecular weight is 1090 g/mol. The van der Waals surface area contributed by atoms with Crippen LogP contribution in [0.15, 0.2) is 164 Å². The van der Waals surface area contributed by atoms with Gasteiger partial charge in [-0.2, -0.15) is 0 Å². The number of amides is 6. The fraction of sp³-hybridized carbons (Fsp3) is 0.333. The molecule has 3 fully saturated rings. The molecule has 18 heteroatoms. The Morgan fingerprint density at radius 3 is 1.88 bits per heavy atom. The molecule has 0 spiro atoms. The van der Waals surface area contributed by atoms with Crippen molar-refractivity contribution >= 4 is 46.3 Å². The van der Waals surface area contributed by atoms with Crippen molar-refractivity contribution in [3.63, 3.8) is 0 Å². The molecule has 6 heterocycles. The van der Waals surface area contributed by atoms with Crippen molar-refractivity contribution < 1.29 is 38.2 Å². The van der Waals surface area contributed by atoms with Crippen molar-refractivity contribution in [1.29, 1.82) is 0 Å². The third kappa shape index (κ3) is 14.9. The van der Waals surface area contributed by atoms with Crippen LogP contribution in [0.1, 0.15) is 59.9 Å². The van der Waals surface area contributed by atoms with Gasteiger partial charge in [-0.05, 0) is 115 Å². The first-order valence-electron chi connectivity index (χ1n) is 27.9. The monoisotopic (exact) mass is 1090 g/mol. The Bertz CT molecular complexity index is 3240. The van der Waals surface area contributed by atoms with Gasteiger partial charge in [0.2, 0.25) is 35.4 Å². The van der Waals surface area contributed by atoms with Crippen LogP contribution in [0, 0.1) is 5.92 Å².